The van der Waals surface area contributed by atoms with Crippen molar-refractivity contribution in [2.24, 2.45) is 7.05 Å². The predicted molar refractivity (Wildman–Crippen MR) is 122 cm³/mol. The number of nitrogens with one attached hydrogen (secondary N) is 1. The number of benzene rings is 2. The first-order chi connectivity index (χ1) is 14.2. The molecule has 6 nitrogen and oxygen atoms in total. The fourth-order valence-electron chi connectivity index (χ4n) is 2.57. The van der Waals surface area contributed by atoms with Gasteiger partial charge in [0.25, 0.3) is 0 Å². The highest BCUT2D eigenvalue weighted by atomic mass is 35.5. The van der Waals surface area contributed by atoms with Crippen LogP contribution in [0, 0.1) is 13.8 Å². The molecule has 0 aliphatic heterocycles. The number of carbonyl (C=O) groups excluding carboxylic acids is 1. The zero-order valence-corrected chi connectivity index (χ0v) is 19.6. The topological polar surface area (TPSA) is 69.0 Å². The molecule has 2 aromatic carbocycles. The highest BCUT2D eigenvalue weighted by Crippen LogP contribution is 2.33. The van der Waals surface area contributed by atoms with Crippen LogP contribution in [0.4, 0.5) is 5.69 Å². The molecule has 1 aromatic heterocycles. The van der Waals surface area contributed by atoms with Gasteiger partial charge in [0.1, 0.15) is 12.4 Å². The number of amides is 1. The van der Waals surface area contributed by atoms with Crippen molar-refractivity contribution in [3.63, 3.8) is 0 Å². The molecule has 1 amide bonds. The summed E-state index contributed by atoms with van der Waals surface area (Å²) < 4.78 is 7.68. The second-order valence-corrected chi connectivity index (χ2v) is 8.79. The number of rotatable bonds is 7. The van der Waals surface area contributed by atoms with Crippen molar-refractivity contribution in [3.8, 4) is 5.75 Å². The van der Waals surface area contributed by atoms with E-state index in [1.54, 1.807) is 4.57 Å². The van der Waals surface area contributed by atoms with Gasteiger partial charge >= 0.3 is 0 Å². The molecule has 1 N–H and O–H groups in total. The summed E-state index contributed by atoms with van der Waals surface area (Å²) in [5.74, 6) is 1.30. The molecular formula is C20H19Cl3N4O2S. The Morgan fingerprint density at radius 1 is 1.13 bits per heavy atom. The number of hydrogen-bond acceptors (Lipinski definition) is 5. The normalized spacial score (nSPS) is 10.9. The summed E-state index contributed by atoms with van der Waals surface area (Å²) >= 11 is 19.3. The number of ether oxygens (including phenoxy) is 1. The predicted octanol–water partition coefficient (Wildman–Crippen LogP) is 5.70. The van der Waals surface area contributed by atoms with Crippen LogP contribution in [0.15, 0.2) is 35.5 Å². The van der Waals surface area contributed by atoms with Gasteiger partial charge in [-0.25, -0.2) is 0 Å². The van der Waals surface area contributed by atoms with E-state index in [9.17, 15) is 4.79 Å². The number of halogens is 3. The molecular weight excluding hydrogens is 467 g/mol. The fourth-order valence-corrected chi connectivity index (χ4v) is 4.21. The zero-order chi connectivity index (χ0) is 21.8. The summed E-state index contributed by atoms with van der Waals surface area (Å²) in [5, 5.41) is 12.5. The largest absolute Gasteiger partial charge is 0.485 e. The first-order valence-electron chi connectivity index (χ1n) is 8.90. The number of anilines is 1. The SMILES string of the molecule is Cc1ccc(C)c(OCc2nnc(SCC(=O)Nc3c(Cl)cc(Cl)cc3Cl)n2C)c1. The molecule has 0 bridgehead atoms. The molecule has 3 rings (SSSR count). The van der Waals surface area contributed by atoms with Crippen molar-refractivity contribution >= 4 is 58.2 Å². The van der Waals surface area contributed by atoms with Crippen LogP contribution in [-0.4, -0.2) is 26.4 Å². The third-order valence-corrected chi connectivity index (χ3v) is 6.06. The maximum absolute atomic E-state index is 12.3. The molecule has 0 aliphatic rings. The number of aryl methyl sites for hydroxylation is 2. The van der Waals surface area contributed by atoms with E-state index in [0.29, 0.717) is 21.7 Å². The van der Waals surface area contributed by atoms with Crippen LogP contribution in [0.5, 0.6) is 5.75 Å². The first kappa shape index (κ1) is 22.7. The zero-order valence-electron chi connectivity index (χ0n) is 16.5. The van der Waals surface area contributed by atoms with Crippen LogP contribution in [0.1, 0.15) is 17.0 Å². The van der Waals surface area contributed by atoms with Gasteiger partial charge in [-0.15, -0.1) is 10.2 Å². The van der Waals surface area contributed by atoms with Gasteiger partial charge in [0.05, 0.1) is 21.5 Å². The van der Waals surface area contributed by atoms with Crippen LogP contribution in [-0.2, 0) is 18.4 Å². The van der Waals surface area contributed by atoms with E-state index in [4.69, 9.17) is 39.5 Å². The lowest BCUT2D eigenvalue weighted by Crippen LogP contribution is -2.15. The molecule has 0 saturated carbocycles. The Morgan fingerprint density at radius 3 is 2.53 bits per heavy atom. The Morgan fingerprint density at radius 2 is 1.83 bits per heavy atom. The molecule has 0 aliphatic carbocycles. The molecule has 10 heteroatoms. The second-order valence-electron chi connectivity index (χ2n) is 6.60. The minimum absolute atomic E-state index is 0.110. The van der Waals surface area contributed by atoms with Crippen molar-refractivity contribution < 1.29 is 9.53 Å². The van der Waals surface area contributed by atoms with Crippen molar-refractivity contribution in [1.82, 2.24) is 14.8 Å². The Hall–Kier alpha value is -1.93. The standard InChI is InChI=1S/C20H19Cl3N4O2S/c1-11-4-5-12(2)16(6-11)29-9-17-25-26-20(27(17)3)30-10-18(28)24-19-14(22)7-13(21)8-15(19)23/h4-8H,9-10H2,1-3H3,(H,24,28). The minimum atomic E-state index is -0.276. The molecule has 158 valence electrons. The van der Waals surface area contributed by atoms with E-state index in [-0.39, 0.29) is 28.3 Å². The smallest absolute Gasteiger partial charge is 0.234 e. The lowest BCUT2D eigenvalue weighted by Gasteiger charge is -2.10. The number of thioether (sulfide) groups is 1. The maximum atomic E-state index is 12.3. The summed E-state index contributed by atoms with van der Waals surface area (Å²) in [4.78, 5) is 12.3. The summed E-state index contributed by atoms with van der Waals surface area (Å²) in [6.45, 7) is 4.28. The van der Waals surface area contributed by atoms with Gasteiger partial charge in [-0.3, -0.25) is 4.79 Å². The highest BCUT2D eigenvalue weighted by Gasteiger charge is 2.15. The summed E-state index contributed by atoms with van der Waals surface area (Å²) in [5.41, 5.74) is 2.50. The maximum Gasteiger partial charge on any atom is 0.234 e. The molecule has 0 spiro atoms. The van der Waals surface area contributed by atoms with Crippen molar-refractivity contribution in [1.29, 1.82) is 0 Å². The number of nitrogens with zero attached hydrogens (tertiary/aromatic N) is 3. The highest BCUT2D eigenvalue weighted by molar-refractivity contribution is 7.99. The van der Waals surface area contributed by atoms with E-state index in [1.165, 1.54) is 23.9 Å². The Kier molecular flexibility index (Phi) is 7.52. The summed E-state index contributed by atoms with van der Waals surface area (Å²) in [6, 6.07) is 9.07. The third-order valence-electron chi connectivity index (χ3n) is 4.23. The quantitative estimate of drug-likeness (QED) is 0.435. The molecule has 0 unspecified atom stereocenters. The van der Waals surface area contributed by atoms with Crippen LogP contribution in [0.25, 0.3) is 0 Å². The van der Waals surface area contributed by atoms with Gasteiger partial charge in [-0.1, -0.05) is 58.7 Å². The van der Waals surface area contributed by atoms with Crippen LogP contribution in [0.2, 0.25) is 15.1 Å². The average Bonchev–Trinajstić information content (AvgIpc) is 3.03. The molecule has 0 radical (unpaired) electrons. The van der Waals surface area contributed by atoms with Gasteiger partial charge in [-0.2, -0.15) is 0 Å². The minimum Gasteiger partial charge on any atom is -0.485 e. The van der Waals surface area contributed by atoms with Crippen LogP contribution in [0.3, 0.4) is 0 Å². The Balaban J connectivity index is 1.59. The lowest BCUT2D eigenvalue weighted by molar-refractivity contribution is -0.113. The number of aromatic nitrogens is 3. The molecule has 30 heavy (non-hydrogen) atoms. The number of hydrogen-bond donors (Lipinski definition) is 1. The van der Waals surface area contributed by atoms with Gasteiger partial charge in [0.2, 0.25) is 5.91 Å². The van der Waals surface area contributed by atoms with Gasteiger partial charge in [0, 0.05) is 12.1 Å². The van der Waals surface area contributed by atoms with Crippen molar-refractivity contribution in [2.75, 3.05) is 11.1 Å². The van der Waals surface area contributed by atoms with Gasteiger partial charge < -0.3 is 14.6 Å². The van der Waals surface area contributed by atoms with E-state index in [1.807, 2.05) is 39.1 Å². The summed E-state index contributed by atoms with van der Waals surface area (Å²) in [6.07, 6.45) is 0. The summed E-state index contributed by atoms with van der Waals surface area (Å²) in [7, 11) is 1.83. The molecule has 1 heterocycles. The third kappa shape index (κ3) is 5.60. The van der Waals surface area contributed by atoms with Crippen LogP contribution < -0.4 is 10.1 Å². The van der Waals surface area contributed by atoms with E-state index in [0.717, 1.165) is 16.9 Å². The second kappa shape index (κ2) is 9.92. The molecule has 3 aromatic rings. The van der Waals surface area contributed by atoms with E-state index < -0.39 is 0 Å². The van der Waals surface area contributed by atoms with E-state index in [2.05, 4.69) is 15.5 Å². The lowest BCUT2D eigenvalue weighted by atomic mass is 10.1. The van der Waals surface area contributed by atoms with Gasteiger partial charge in [-0.05, 0) is 43.2 Å². The number of carbonyl (C=O) groups is 1. The van der Waals surface area contributed by atoms with E-state index >= 15 is 0 Å². The molecule has 0 atom stereocenters. The van der Waals surface area contributed by atoms with Crippen LogP contribution >= 0.6 is 46.6 Å². The average molecular weight is 486 g/mol. The molecule has 0 saturated heterocycles. The van der Waals surface area contributed by atoms with Crippen molar-refractivity contribution in [3.05, 3.63) is 62.4 Å². The Bertz CT molecular complexity index is 1060. The molecule has 0 fully saturated rings. The monoisotopic (exact) mass is 484 g/mol. The van der Waals surface area contributed by atoms with Crippen molar-refractivity contribution in [2.45, 2.75) is 25.6 Å². The Labute approximate surface area is 193 Å². The fraction of sp³-hybridized carbons (Fsp3) is 0.250. The first-order valence-corrected chi connectivity index (χ1v) is 11.0. The van der Waals surface area contributed by atoms with Gasteiger partial charge in [0.15, 0.2) is 11.0 Å².